The number of ether oxygens (including phenoxy) is 1. The third kappa shape index (κ3) is 5.04. The molecule has 0 aliphatic heterocycles. The van der Waals surface area contributed by atoms with Gasteiger partial charge in [-0.05, 0) is 7.05 Å². The molecule has 58 valence electrons. The molecule has 0 aliphatic rings. The van der Waals surface area contributed by atoms with Crippen LogP contribution >= 0.6 is 0 Å². The van der Waals surface area contributed by atoms with Crippen molar-refractivity contribution in [3.8, 4) is 0 Å². The molecule has 0 bridgehead atoms. The zero-order valence-electron chi connectivity index (χ0n) is 5.55. The van der Waals surface area contributed by atoms with E-state index in [4.69, 9.17) is 0 Å². The number of nitrogens with one attached hydrogen (secondary N) is 1. The Morgan fingerprint density at radius 2 is 2.20 bits per heavy atom. The summed E-state index contributed by atoms with van der Waals surface area (Å²) in [6, 6.07) is 0. The molecule has 0 atom stereocenters. The Morgan fingerprint density at radius 1 is 1.60 bits per heavy atom. The van der Waals surface area contributed by atoms with Crippen LogP contribution in [0.15, 0.2) is 0 Å². The van der Waals surface area contributed by atoms with E-state index in [1.807, 2.05) is 0 Å². The molecule has 0 aromatic heterocycles. The first-order chi connectivity index (χ1) is 4.66. The summed E-state index contributed by atoms with van der Waals surface area (Å²) in [4.78, 5) is 20.1. The van der Waals surface area contributed by atoms with Gasteiger partial charge in [0.15, 0.2) is 0 Å². The van der Waals surface area contributed by atoms with Gasteiger partial charge in [0.05, 0.1) is 12.4 Å². The first-order valence-electron chi connectivity index (χ1n) is 2.67. The monoisotopic (exact) mass is 146 g/mol. The van der Waals surface area contributed by atoms with Crippen LogP contribution in [0.3, 0.4) is 0 Å². The maximum absolute atomic E-state index is 10.3. The first kappa shape index (κ1) is 8.90. The van der Waals surface area contributed by atoms with Gasteiger partial charge in [0.1, 0.15) is 6.73 Å². The molecule has 0 unspecified atom stereocenters. The van der Waals surface area contributed by atoms with Crippen molar-refractivity contribution in [1.29, 1.82) is 0 Å². The van der Waals surface area contributed by atoms with E-state index in [2.05, 4.69) is 10.1 Å². The van der Waals surface area contributed by atoms with Crippen molar-refractivity contribution < 1.29 is 19.4 Å². The standard InChI is InChI=1S/C5H9NO4/c1-6-3-10-5(9)2-4(7)8/h6H,2-3H2,1H3,(H,7,8)/p-1. The molecule has 0 rings (SSSR count). The Morgan fingerprint density at radius 3 is 2.60 bits per heavy atom. The lowest BCUT2D eigenvalue weighted by molar-refractivity contribution is -0.305. The normalized spacial score (nSPS) is 8.90. The summed E-state index contributed by atoms with van der Waals surface area (Å²) in [5, 5.41) is 12.3. The van der Waals surface area contributed by atoms with Crippen LogP contribution in [-0.2, 0) is 14.3 Å². The number of carbonyl (C=O) groups excluding carboxylic acids is 2. The molecular weight excluding hydrogens is 138 g/mol. The summed E-state index contributed by atoms with van der Waals surface area (Å²) < 4.78 is 4.33. The largest absolute Gasteiger partial charge is 0.550 e. The second-order valence-electron chi connectivity index (χ2n) is 1.56. The number of aliphatic carboxylic acids is 1. The lowest BCUT2D eigenvalue weighted by Gasteiger charge is -2.02. The summed E-state index contributed by atoms with van der Waals surface area (Å²) in [6.45, 7) is 0.0200. The Balaban J connectivity index is 3.35. The molecule has 0 aromatic carbocycles. The molecule has 0 saturated carbocycles. The van der Waals surface area contributed by atoms with Crippen molar-refractivity contribution in [1.82, 2.24) is 5.32 Å². The fraction of sp³-hybridized carbons (Fsp3) is 0.600. The number of hydrogen-bond donors (Lipinski definition) is 1. The first-order valence-corrected chi connectivity index (χ1v) is 2.67. The van der Waals surface area contributed by atoms with E-state index in [0.29, 0.717) is 0 Å². The number of carboxylic acids is 1. The second-order valence-corrected chi connectivity index (χ2v) is 1.56. The van der Waals surface area contributed by atoms with Gasteiger partial charge in [0, 0.05) is 0 Å². The van der Waals surface area contributed by atoms with Crippen molar-refractivity contribution in [3.63, 3.8) is 0 Å². The van der Waals surface area contributed by atoms with Gasteiger partial charge in [-0.2, -0.15) is 0 Å². The fourth-order valence-electron chi connectivity index (χ4n) is 0.322. The van der Waals surface area contributed by atoms with E-state index in [0.717, 1.165) is 0 Å². The van der Waals surface area contributed by atoms with Gasteiger partial charge < -0.3 is 14.6 Å². The minimum absolute atomic E-state index is 0.0200. The summed E-state index contributed by atoms with van der Waals surface area (Å²) in [5.41, 5.74) is 0. The van der Waals surface area contributed by atoms with Crippen LogP contribution in [0.2, 0.25) is 0 Å². The lowest BCUT2D eigenvalue weighted by Crippen LogP contribution is -2.27. The van der Waals surface area contributed by atoms with Crippen LogP contribution in [0, 0.1) is 0 Å². The number of carbonyl (C=O) groups is 2. The van der Waals surface area contributed by atoms with E-state index in [-0.39, 0.29) is 6.73 Å². The minimum Gasteiger partial charge on any atom is -0.550 e. The van der Waals surface area contributed by atoms with Gasteiger partial charge in [-0.15, -0.1) is 0 Å². The molecule has 0 aromatic rings. The van der Waals surface area contributed by atoms with E-state index in [9.17, 15) is 14.7 Å². The average Bonchev–Trinajstić information content (AvgIpc) is 1.82. The van der Waals surface area contributed by atoms with Gasteiger partial charge in [0.25, 0.3) is 0 Å². The van der Waals surface area contributed by atoms with Crippen LogP contribution in [0.1, 0.15) is 6.42 Å². The highest BCUT2D eigenvalue weighted by atomic mass is 16.5. The molecule has 0 fully saturated rings. The Hall–Kier alpha value is -1.10. The maximum Gasteiger partial charge on any atom is 0.312 e. The number of rotatable bonds is 4. The minimum atomic E-state index is -1.43. The zero-order valence-corrected chi connectivity index (χ0v) is 5.55. The van der Waals surface area contributed by atoms with Gasteiger partial charge in [-0.3, -0.25) is 10.1 Å². The molecule has 0 saturated heterocycles. The number of carboxylic acid groups (broad SMARTS) is 1. The van der Waals surface area contributed by atoms with E-state index >= 15 is 0 Å². The topological polar surface area (TPSA) is 78.5 Å². The van der Waals surface area contributed by atoms with E-state index in [1.165, 1.54) is 0 Å². The van der Waals surface area contributed by atoms with Crippen molar-refractivity contribution in [3.05, 3.63) is 0 Å². The van der Waals surface area contributed by atoms with E-state index < -0.39 is 18.4 Å². The molecule has 1 N–H and O–H groups in total. The maximum atomic E-state index is 10.3. The van der Waals surface area contributed by atoms with Gasteiger partial charge in [0.2, 0.25) is 0 Å². The number of esters is 1. The van der Waals surface area contributed by atoms with Crippen molar-refractivity contribution in [2.24, 2.45) is 0 Å². The molecule has 10 heavy (non-hydrogen) atoms. The molecule has 5 nitrogen and oxygen atoms in total. The highest BCUT2D eigenvalue weighted by molar-refractivity contribution is 5.88. The van der Waals surface area contributed by atoms with Crippen LogP contribution in [0.25, 0.3) is 0 Å². The highest BCUT2D eigenvalue weighted by Gasteiger charge is 2.00. The van der Waals surface area contributed by atoms with Crippen molar-refractivity contribution in [2.45, 2.75) is 6.42 Å². The predicted molar refractivity (Wildman–Crippen MR) is 29.6 cm³/mol. The molecule has 0 aliphatic carbocycles. The van der Waals surface area contributed by atoms with Crippen LogP contribution < -0.4 is 10.4 Å². The summed E-state index contributed by atoms with van der Waals surface area (Å²) >= 11 is 0. The molecule has 0 heterocycles. The third-order valence-corrected chi connectivity index (χ3v) is 0.666. The third-order valence-electron chi connectivity index (χ3n) is 0.666. The molecule has 0 radical (unpaired) electrons. The van der Waals surface area contributed by atoms with Gasteiger partial charge >= 0.3 is 5.97 Å². The van der Waals surface area contributed by atoms with Crippen LogP contribution in [0.4, 0.5) is 0 Å². The smallest absolute Gasteiger partial charge is 0.312 e. The Kier molecular flexibility index (Phi) is 4.23. The second kappa shape index (κ2) is 4.75. The zero-order chi connectivity index (χ0) is 7.98. The fourth-order valence-corrected chi connectivity index (χ4v) is 0.322. The predicted octanol–water partition coefficient (Wildman–Crippen LogP) is -2.15. The lowest BCUT2D eigenvalue weighted by atomic mass is 10.4. The molecule has 0 amide bonds. The SMILES string of the molecule is CNCOC(=O)CC(=O)[O-]. The van der Waals surface area contributed by atoms with Gasteiger partial charge in [-0.1, -0.05) is 0 Å². The van der Waals surface area contributed by atoms with Crippen molar-refractivity contribution in [2.75, 3.05) is 13.8 Å². The van der Waals surface area contributed by atoms with Crippen molar-refractivity contribution >= 4 is 11.9 Å². The summed E-state index contributed by atoms with van der Waals surface area (Å²) in [7, 11) is 1.58. The molecule has 5 heteroatoms. The van der Waals surface area contributed by atoms with Gasteiger partial charge in [-0.25, -0.2) is 0 Å². The van der Waals surface area contributed by atoms with E-state index in [1.54, 1.807) is 7.05 Å². The summed E-state index contributed by atoms with van der Waals surface area (Å²) in [5.74, 6) is -2.23. The molecular formula is C5H8NO4-. The Labute approximate surface area is 58.0 Å². The van der Waals surface area contributed by atoms with Crippen LogP contribution in [-0.4, -0.2) is 25.7 Å². The Bertz CT molecular complexity index is 134. The summed E-state index contributed by atoms with van der Waals surface area (Å²) in [6.07, 6.45) is -0.693. The quantitative estimate of drug-likeness (QED) is 0.278. The average molecular weight is 146 g/mol. The van der Waals surface area contributed by atoms with Crippen LogP contribution in [0.5, 0.6) is 0 Å². The highest BCUT2D eigenvalue weighted by Crippen LogP contribution is 1.81. The molecule has 0 spiro atoms. The number of hydrogen-bond acceptors (Lipinski definition) is 5.